The number of aromatic nitrogens is 2. The zero-order valence-corrected chi connectivity index (χ0v) is 15.9. The van der Waals surface area contributed by atoms with Crippen molar-refractivity contribution < 1.29 is 9.18 Å². The summed E-state index contributed by atoms with van der Waals surface area (Å²) in [7, 11) is 0. The molecule has 2 aromatic heterocycles. The van der Waals surface area contributed by atoms with Crippen LogP contribution in [0.1, 0.15) is 24.6 Å². The van der Waals surface area contributed by atoms with Crippen LogP contribution in [-0.2, 0) is 11.2 Å². The van der Waals surface area contributed by atoms with E-state index >= 15 is 0 Å². The number of aryl methyl sites for hydroxylation is 1. The van der Waals surface area contributed by atoms with Crippen LogP contribution in [0.25, 0.3) is 10.2 Å². The highest BCUT2D eigenvalue weighted by Gasteiger charge is 2.28. The van der Waals surface area contributed by atoms with Crippen LogP contribution in [0.3, 0.4) is 0 Å². The molecule has 1 atom stereocenters. The molecule has 0 bridgehead atoms. The lowest BCUT2D eigenvalue weighted by molar-refractivity contribution is -0.120. The van der Waals surface area contributed by atoms with Gasteiger partial charge in [0, 0.05) is 23.7 Å². The van der Waals surface area contributed by atoms with Gasteiger partial charge in [0.25, 0.3) is 0 Å². The largest absolute Gasteiger partial charge is 0.355 e. The summed E-state index contributed by atoms with van der Waals surface area (Å²) in [6, 6.07) is 8.16. The average molecular weight is 384 g/mol. The van der Waals surface area contributed by atoms with E-state index in [1.165, 1.54) is 17.0 Å². The number of halogens is 1. The van der Waals surface area contributed by atoms with E-state index in [0.717, 1.165) is 41.8 Å². The molecule has 140 valence electrons. The van der Waals surface area contributed by atoms with Crippen molar-refractivity contribution in [1.82, 2.24) is 9.97 Å². The zero-order chi connectivity index (χ0) is 18.8. The fourth-order valence-electron chi connectivity index (χ4n) is 3.51. The van der Waals surface area contributed by atoms with Crippen molar-refractivity contribution >= 4 is 39.0 Å². The van der Waals surface area contributed by atoms with Gasteiger partial charge in [-0.1, -0.05) is 13.0 Å². The van der Waals surface area contributed by atoms with Crippen LogP contribution in [0, 0.1) is 11.7 Å². The van der Waals surface area contributed by atoms with Crippen LogP contribution in [0.2, 0.25) is 0 Å². The zero-order valence-electron chi connectivity index (χ0n) is 15.1. The van der Waals surface area contributed by atoms with Gasteiger partial charge in [-0.3, -0.25) is 4.79 Å². The van der Waals surface area contributed by atoms with E-state index in [2.05, 4.69) is 33.2 Å². The minimum atomic E-state index is -0.356. The second-order valence-electron chi connectivity index (χ2n) is 6.77. The number of amides is 1. The quantitative estimate of drug-likeness (QED) is 0.731. The molecule has 3 heterocycles. The van der Waals surface area contributed by atoms with E-state index in [1.807, 2.05) is 0 Å². The molecule has 1 aliphatic heterocycles. The van der Waals surface area contributed by atoms with Crippen LogP contribution in [0.4, 0.5) is 15.9 Å². The number of hydrogen-bond acceptors (Lipinski definition) is 5. The molecule has 0 saturated carbocycles. The Morgan fingerprint density at radius 2 is 2.26 bits per heavy atom. The third kappa shape index (κ3) is 3.78. The summed E-state index contributed by atoms with van der Waals surface area (Å²) in [5, 5.41) is 3.90. The normalized spacial score (nSPS) is 17.3. The van der Waals surface area contributed by atoms with Crippen molar-refractivity contribution in [2.24, 2.45) is 5.92 Å². The maximum Gasteiger partial charge on any atom is 0.229 e. The van der Waals surface area contributed by atoms with Crippen LogP contribution >= 0.6 is 11.3 Å². The molecule has 1 fully saturated rings. The molecule has 1 amide bonds. The lowest BCUT2D eigenvalue weighted by Crippen LogP contribution is -2.41. The Morgan fingerprint density at radius 1 is 1.37 bits per heavy atom. The lowest BCUT2D eigenvalue weighted by atomic mass is 9.97. The number of carbonyl (C=O) groups excluding carboxylic acids is 1. The smallest absolute Gasteiger partial charge is 0.229 e. The van der Waals surface area contributed by atoms with Crippen molar-refractivity contribution in [3.63, 3.8) is 0 Å². The van der Waals surface area contributed by atoms with Crippen LogP contribution in [0.5, 0.6) is 0 Å². The summed E-state index contributed by atoms with van der Waals surface area (Å²) in [5.41, 5.74) is 0.493. The van der Waals surface area contributed by atoms with Gasteiger partial charge in [-0.25, -0.2) is 14.4 Å². The van der Waals surface area contributed by atoms with Gasteiger partial charge in [0.05, 0.1) is 11.3 Å². The summed E-state index contributed by atoms with van der Waals surface area (Å²) in [4.78, 5) is 26.0. The standard InChI is InChI=1S/C20H21FN4OS/c1-2-16-10-17-18(22-12-23-20(17)27-16)25-8-4-5-13(11-25)19(26)24-15-7-3-6-14(21)9-15/h3,6-7,9-10,12-13H,2,4-5,8,11H2,1H3,(H,24,26)/t13-/m0/s1. The highest BCUT2D eigenvalue weighted by molar-refractivity contribution is 7.18. The molecule has 1 N–H and O–H groups in total. The van der Waals surface area contributed by atoms with Crippen LogP contribution in [0.15, 0.2) is 36.7 Å². The van der Waals surface area contributed by atoms with Crippen molar-refractivity contribution in [3.05, 3.63) is 47.4 Å². The first-order chi connectivity index (χ1) is 13.1. The molecule has 1 aliphatic rings. The highest BCUT2D eigenvalue weighted by atomic mass is 32.1. The molecule has 0 spiro atoms. The highest BCUT2D eigenvalue weighted by Crippen LogP contribution is 2.32. The molecule has 1 saturated heterocycles. The SMILES string of the molecule is CCc1cc2c(N3CCC[C@H](C(=O)Nc4cccc(F)c4)C3)ncnc2s1. The summed E-state index contributed by atoms with van der Waals surface area (Å²) in [6.45, 7) is 3.60. The van der Waals surface area contributed by atoms with Crippen molar-refractivity contribution in [2.45, 2.75) is 26.2 Å². The van der Waals surface area contributed by atoms with Gasteiger partial charge >= 0.3 is 0 Å². The molecule has 4 rings (SSSR count). The number of nitrogens with one attached hydrogen (secondary N) is 1. The molecule has 0 radical (unpaired) electrons. The minimum Gasteiger partial charge on any atom is -0.355 e. The van der Waals surface area contributed by atoms with E-state index in [1.54, 1.807) is 29.8 Å². The molecule has 3 aromatic rings. The van der Waals surface area contributed by atoms with Gasteiger partial charge in [0.1, 0.15) is 22.8 Å². The van der Waals surface area contributed by atoms with Gasteiger partial charge in [-0.05, 0) is 43.5 Å². The van der Waals surface area contributed by atoms with Crippen LogP contribution < -0.4 is 10.2 Å². The summed E-state index contributed by atoms with van der Waals surface area (Å²) >= 11 is 1.69. The van der Waals surface area contributed by atoms with Gasteiger partial charge in [0.2, 0.25) is 5.91 Å². The van der Waals surface area contributed by atoms with Crippen LogP contribution in [-0.4, -0.2) is 29.0 Å². The molecular weight excluding hydrogens is 363 g/mol. The Kier molecular flexibility index (Phi) is 5.03. The number of anilines is 2. The molecule has 0 unspecified atom stereocenters. The molecule has 5 nitrogen and oxygen atoms in total. The topological polar surface area (TPSA) is 58.1 Å². The molecule has 7 heteroatoms. The second kappa shape index (κ2) is 7.60. The first-order valence-corrected chi connectivity index (χ1v) is 10.0. The van der Waals surface area contributed by atoms with E-state index in [0.29, 0.717) is 12.2 Å². The Labute approximate surface area is 161 Å². The summed E-state index contributed by atoms with van der Waals surface area (Å²) in [6.07, 6.45) is 4.30. The van der Waals surface area contributed by atoms with Gasteiger partial charge < -0.3 is 10.2 Å². The first-order valence-electron chi connectivity index (χ1n) is 9.19. The predicted octanol–water partition coefficient (Wildman–Crippen LogP) is 4.25. The number of piperidine rings is 1. The van der Waals surface area contributed by atoms with Crippen molar-refractivity contribution in [1.29, 1.82) is 0 Å². The number of nitrogens with zero attached hydrogens (tertiary/aromatic N) is 3. The van der Waals surface area contributed by atoms with E-state index in [-0.39, 0.29) is 17.6 Å². The second-order valence-corrected chi connectivity index (χ2v) is 7.88. The van der Waals surface area contributed by atoms with Gasteiger partial charge in [0.15, 0.2) is 0 Å². The number of rotatable bonds is 4. The first kappa shape index (κ1) is 17.9. The number of carbonyl (C=O) groups is 1. The third-order valence-electron chi connectivity index (χ3n) is 4.89. The Hall–Kier alpha value is -2.54. The lowest BCUT2D eigenvalue weighted by Gasteiger charge is -2.33. The van der Waals surface area contributed by atoms with Gasteiger partial charge in [-0.15, -0.1) is 11.3 Å². The molecule has 0 aliphatic carbocycles. The Balaban J connectivity index is 1.53. The Morgan fingerprint density at radius 3 is 3.07 bits per heavy atom. The van der Waals surface area contributed by atoms with Crippen molar-refractivity contribution in [2.75, 3.05) is 23.3 Å². The number of hydrogen-bond donors (Lipinski definition) is 1. The molecule has 27 heavy (non-hydrogen) atoms. The monoisotopic (exact) mass is 384 g/mol. The van der Waals surface area contributed by atoms with E-state index < -0.39 is 0 Å². The van der Waals surface area contributed by atoms with E-state index in [4.69, 9.17) is 0 Å². The predicted molar refractivity (Wildman–Crippen MR) is 107 cm³/mol. The molecule has 1 aromatic carbocycles. The molecular formula is C20H21FN4OS. The fraction of sp³-hybridized carbons (Fsp3) is 0.350. The summed E-state index contributed by atoms with van der Waals surface area (Å²) in [5.74, 6) is 0.316. The third-order valence-corrected chi connectivity index (χ3v) is 6.08. The number of fused-ring (bicyclic) bond motifs is 1. The Bertz CT molecular complexity index is 974. The number of thiophene rings is 1. The maximum atomic E-state index is 13.4. The summed E-state index contributed by atoms with van der Waals surface area (Å²) < 4.78 is 13.4. The average Bonchev–Trinajstić information content (AvgIpc) is 3.11. The van der Waals surface area contributed by atoms with Gasteiger partial charge in [-0.2, -0.15) is 0 Å². The maximum absolute atomic E-state index is 13.4. The fourth-order valence-corrected chi connectivity index (χ4v) is 4.44. The minimum absolute atomic E-state index is 0.0739. The van der Waals surface area contributed by atoms with E-state index in [9.17, 15) is 9.18 Å². The number of benzene rings is 1. The van der Waals surface area contributed by atoms with Crippen molar-refractivity contribution in [3.8, 4) is 0 Å².